The first-order chi connectivity index (χ1) is 8.74. The van der Waals surface area contributed by atoms with Crippen molar-refractivity contribution in [1.82, 2.24) is 5.32 Å². The van der Waals surface area contributed by atoms with Crippen molar-refractivity contribution >= 4 is 5.91 Å². The third-order valence-corrected chi connectivity index (χ3v) is 4.21. The molecule has 3 nitrogen and oxygen atoms in total. The van der Waals surface area contributed by atoms with E-state index in [1.807, 2.05) is 18.2 Å². The second-order valence-corrected chi connectivity index (χ2v) is 5.47. The standard InChI is InChI=1S/C15H19NO2/c17-12-7-5-11(6-8-12)16-15(18)14-9-10-3-1-2-4-13(10)14/h1-4,11-12,14,17H,5-9H2,(H,16,18). The number of aliphatic hydroxyl groups is 1. The second-order valence-electron chi connectivity index (χ2n) is 5.47. The molecule has 0 aliphatic heterocycles. The summed E-state index contributed by atoms with van der Waals surface area (Å²) >= 11 is 0. The zero-order valence-corrected chi connectivity index (χ0v) is 10.4. The van der Waals surface area contributed by atoms with Gasteiger partial charge in [-0.2, -0.15) is 0 Å². The lowest BCUT2D eigenvalue weighted by atomic mass is 9.77. The zero-order chi connectivity index (χ0) is 12.5. The smallest absolute Gasteiger partial charge is 0.228 e. The fraction of sp³-hybridized carbons (Fsp3) is 0.533. The van der Waals surface area contributed by atoms with E-state index in [4.69, 9.17) is 0 Å². The highest BCUT2D eigenvalue weighted by molar-refractivity contribution is 5.87. The number of benzene rings is 1. The number of carbonyl (C=O) groups excluding carboxylic acids is 1. The molecule has 96 valence electrons. The average molecular weight is 245 g/mol. The predicted octanol–water partition coefficient (Wildman–Crippen LogP) is 1.75. The van der Waals surface area contributed by atoms with Gasteiger partial charge < -0.3 is 10.4 Å². The Bertz CT molecular complexity index is 450. The number of hydrogen-bond acceptors (Lipinski definition) is 2. The Balaban J connectivity index is 1.57. The molecule has 2 aliphatic carbocycles. The molecule has 1 unspecified atom stereocenters. The summed E-state index contributed by atoms with van der Waals surface area (Å²) < 4.78 is 0. The van der Waals surface area contributed by atoms with Gasteiger partial charge in [0.2, 0.25) is 5.91 Å². The molecule has 2 N–H and O–H groups in total. The molecule has 0 bridgehead atoms. The quantitative estimate of drug-likeness (QED) is 0.834. The van der Waals surface area contributed by atoms with Crippen LogP contribution in [-0.2, 0) is 11.2 Å². The van der Waals surface area contributed by atoms with Crippen LogP contribution in [0, 0.1) is 0 Å². The van der Waals surface area contributed by atoms with Crippen LogP contribution < -0.4 is 5.32 Å². The van der Waals surface area contributed by atoms with Crippen LogP contribution in [0.25, 0.3) is 0 Å². The molecule has 0 radical (unpaired) electrons. The van der Waals surface area contributed by atoms with Gasteiger partial charge in [-0.1, -0.05) is 24.3 Å². The van der Waals surface area contributed by atoms with E-state index in [0.29, 0.717) is 0 Å². The maximum absolute atomic E-state index is 12.2. The second kappa shape index (κ2) is 4.73. The van der Waals surface area contributed by atoms with Gasteiger partial charge in [0.05, 0.1) is 12.0 Å². The third-order valence-electron chi connectivity index (χ3n) is 4.21. The van der Waals surface area contributed by atoms with E-state index in [2.05, 4.69) is 11.4 Å². The number of rotatable bonds is 2. The van der Waals surface area contributed by atoms with Crippen LogP contribution in [0.15, 0.2) is 24.3 Å². The van der Waals surface area contributed by atoms with E-state index in [9.17, 15) is 9.90 Å². The van der Waals surface area contributed by atoms with Crippen LogP contribution in [-0.4, -0.2) is 23.2 Å². The van der Waals surface area contributed by atoms with Gasteiger partial charge in [-0.3, -0.25) is 4.79 Å². The Hall–Kier alpha value is -1.35. The fourth-order valence-corrected chi connectivity index (χ4v) is 3.01. The molecule has 1 fully saturated rings. The third kappa shape index (κ3) is 2.15. The number of fused-ring (bicyclic) bond motifs is 1. The summed E-state index contributed by atoms with van der Waals surface area (Å²) in [7, 11) is 0. The molecule has 1 aromatic carbocycles. The van der Waals surface area contributed by atoms with Crippen molar-refractivity contribution in [3.05, 3.63) is 35.4 Å². The van der Waals surface area contributed by atoms with Gasteiger partial charge in [-0.05, 0) is 43.2 Å². The number of hydrogen-bond donors (Lipinski definition) is 2. The molecule has 0 heterocycles. The minimum absolute atomic E-state index is 0.0491. The topological polar surface area (TPSA) is 49.3 Å². The number of amides is 1. The average Bonchev–Trinajstić information content (AvgIpc) is 2.34. The van der Waals surface area contributed by atoms with Gasteiger partial charge in [0.15, 0.2) is 0 Å². The van der Waals surface area contributed by atoms with Crippen LogP contribution in [0.2, 0.25) is 0 Å². The molecule has 3 heteroatoms. The largest absolute Gasteiger partial charge is 0.393 e. The summed E-state index contributed by atoms with van der Waals surface area (Å²) in [4.78, 5) is 12.2. The Morgan fingerprint density at radius 1 is 1.17 bits per heavy atom. The SMILES string of the molecule is O=C(NC1CCC(O)CC1)C1Cc2ccccc21. The van der Waals surface area contributed by atoms with E-state index in [1.54, 1.807) is 0 Å². The number of carbonyl (C=O) groups is 1. The lowest BCUT2D eigenvalue weighted by Gasteiger charge is -2.32. The van der Waals surface area contributed by atoms with E-state index in [-0.39, 0.29) is 24.0 Å². The van der Waals surface area contributed by atoms with Crippen LogP contribution >= 0.6 is 0 Å². The predicted molar refractivity (Wildman–Crippen MR) is 69.3 cm³/mol. The van der Waals surface area contributed by atoms with Crippen molar-refractivity contribution in [2.24, 2.45) is 0 Å². The van der Waals surface area contributed by atoms with E-state index >= 15 is 0 Å². The van der Waals surface area contributed by atoms with Crippen LogP contribution in [0.4, 0.5) is 0 Å². The highest BCUT2D eigenvalue weighted by atomic mass is 16.3. The molecule has 0 saturated heterocycles. The van der Waals surface area contributed by atoms with Gasteiger partial charge in [-0.15, -0.1) is 0 Å². The fourth-order valence-electron chi connectivity index (χ4n) is 3.01. The van der Waals surface area contributed by atoms with Crippen molar-refractivity contribution in [3.8, 4) is 0 Å². The van der Waals surface area contributed by atoms with Crippen LogP contribution in [0.5, 0.6) is 0 Å². The Morgan fingerprint density at radius 2 is 1.89 bits per heavy atom. The molecular weight excluding hydrogens is 226 g/mol. The van der Waals surface area contributed by atoms with Gasteiger partial charge >= 0.3 is 0 Å². The first kappa shape index (κ1) is 11.7. The maximum Gasteiger partial charge on any atom is 0.228 e. The van der Waals surface area contributed by atoms with E-state index in [1.165, 1.54) is 11.1 Å². The molecule has 1 amide bonds. The summed E-state index contributed by atoms with van der Waals surface area (Å²) in [5.74, 6) is 0.211. The Kier molecular flexibility index (Phi) is 3.08. The number of aliphatic hydroxyl groups excluding tert-OH is 1. The monoisotopic (exact) mass is 245 g/mol. The summed E-state index contributed by atoms with van der Waals surface area (Å²) in [6.45, 7) is 0. The van der Waals surface area contributed by atoms with Crippen molar-refractivity contribution in [1.29, 1.82) is 0 Å². The van der Waals surface area contributed by atoms with Crippen molar-refractivity contribution in [2.45, 2.75) is 50.2 Å². The minimum atomic E-state index is -0.164. The minimum Gasteiger partial charge on any atom is -0.393 e. The molecule has 1 saturated carbocycles. The Labute approximate surface area is 107 Å². The molecule has 1 aromatic rings. The molecule has 18 heavy (non-hydrogen) atoms. The van der Waals surface area contributed by atoms with Crippen LogP contribution in [0.1, 0.15) is 42.7 Å². The highest BCUT2D eigenvalue weighted by Crippen LogP contribution is 2.35. The highest BCUT2D eigenvalue weighted by Gasteiger charge is 2.33. The lowest BCUT2D eigenvalue weighted by Crippen LogP contribution is -2.43. The van der Waals surface area contributed by atoms with Crippen molar-refractivity contribution in [2.75, 3.05) is 0 Å². The molecule has 3 rings (SSSR count). The summed E-state index contributed by atoms with van der Waals surface area (Å²) in [6, 6.07) is 8.42. The van der Waals surface area contributed by atoms with Crippen molar-refractivity contribution in [3.63, 3.8) is 0 Å². The van der Waals surface area contributed by atoms with Gasteiger partial charge in [0, 0.05) is 6.04 Å². The van der Waals surface area contributed by atoms with E-state index < -0.39 is 0 Å². The van der Waals surface area contributed by atoms with Gasteiger partial charge in [0.1, 0.15) is 0 Å². The van der Waals surface area contributed by atoms with E-state index in [0.717, 1.165) is 32.1 Å². The summed E-state index contributed by atoms with van der Waals surface area (Å²) in [6.07, 6.45) is 4.14. The van der Waals surface area contributed by atoms with Crippen LogP contribution in [0.3, 0.4) is 0 Å². The van der Waals surface area contributed by atoms with Gasteiger partial charge in [0.25, 0.3) is 0 Å². The first-order valence-electron chi connectivity index (χ1n) is 6.80. The lowest BCUT2D eigenvalue weighted by molar-refractivity contribution is -0.124. The normalized spacial score (nSPS) is 30.2. The summed E-state index contributed by atoms with van der Waals surface area (Å²) in [5, 5.41) is 12.6. The van der Waals surface area contributed by atoms with Gasteiger partial charge in [-0.25, -0.2) is 0 Å². The number of nitrogens with one attached hydrogen (secondary N) is 1. The molecule has 0 spiro atoms. The summed E-state index contributed by atoms with van der Waals surface area (Å²) in [5.41, 5.74) is 2.49. The Morgan fingerprint density at radius 3 is 2.61 bits per heavy atom. The zero-order valence-electron chi connectivity index (χ0n) is 10.4. The molecular formula is C15H19NO2. The molecule has 1 atom stereocenters. The first-order valence-corrected chi connectivity index (χ1v) is 6.80. The van der Waals surface area contributed by atoms with Crippen molar-refractivity contribution < 1.29 is 9.90 Å². The maximum atomic E-state index is 12.2. The molecule has 2 aliphatic rings. The molecule has 0 aromatic heterocycles.